The Kier molecular flexibility index (Phi) is 6.61. The van der Waals surface area contributed by atoms with Crippen LogP contribution in [0.2, 0.25) is 0 Å². The zero-order chi connectivity index (χ0) is 21.8. The van der Waals surface area contributed by atoms with Crippen LogP contribution in [0.4, 0.5) is 11.5 Å². The Morgan fingerprint density at radius 2 is 1.94 bits per heavy atom. The highest BCUT2D eigenvalue weighted by Crippen LogP contribution is 2.48. The van der Waals surface area contributed by atoms with Gasteiger partial charge in [0.05, 0.1) is 32.5 Å². The van der Waals surface area contributed by atoms with Crippen LogP contribution in [0.5, 0.6) is 0 Å². The Morgan fingerprint density at radius 1 is 1.19 bits per heavy atom. The van der Waals surface area contributed by atoms with Gasteiger partial charge in [-0.1, -0.05) is 37.0 Å². The van der Waals surface area contributed by atoms with Crippen molar-refractivity contribution in [1.29, 1.82) is 0 Å². The number of hydrogen-bond donors (Lipinski definition) is 0. The van der Waals surface area contributed by atoms with Gasteiger partial charge in [0.15, 0.2) is 12.1 Å². The summed E-state index contributed by atoms with van der Waals surface area (Å²) in [5.74, 6) is 7.37. The zero-order valence-electron chi connectivity index (χ0n) is 19.1. The van der Waals surface area contributed by atoms with Gasteiger partial charge in [0, 0.05) is 23.7 Å². The van der Waals surface area contributed by atoms with Crippen LogP contribution in [-0.2, 0) is 16.0 Å². The summed E-state index contributed by atoms with van der Waals surface area (Å²) in [6, 6.07) is 6.30. The normalized spacial score (nSPS) is 17.6. The molecule has 1 aromatic heterocycles. The van der Waals surface area contributed by atoms with Crippen LogP contribution >= 0.6 is 0 Å². The number of hydrogen-bond acceptors (Lipinski definition) is 6. The van der Waals surface area contributed by atoms with Crippen LogP contribution in [0.1, 0.15) is 37.8 Å². The molecule has 0 N–H and O–H groups in total. The summed E-state index contributed by atoms with van der Waals surface area (Å²) in [4.78, 5) is 4.35. The summed E-state index contributed by atoms with van der Waals surface area (Å²) in [6.07, 6.45) is 4.12. The summed E-state index contributed by atoms with van der Waals surface area (Å²) in [6.45, 7) is 11.4. The third-order valence-corrected chi connectivity index (χ3v) is 6.31. The van der Waals surface area contributed by atoms with E-state index in [-0.39, 0.29) is 6.29 Å². The van der Waals surface area contributed by atoms with E-state index >= 15 is 0 Å². The molecule has 2 fully saturated rings. The van der Waals surface area contributed by atoms with Crippen molar-refractivity contribution in [3.8, 4) is 11.8 Å². The Labute approximate surface area is 185 Å². The van der Waals surface area contributed by atoms with E-state index in [0.717, 1.165) is 49.9 Å². The molecular formula is C24H33N5O2. The number of ether oxygens (including phenoxy) is 2. The van der Waals surface area contributed by atoms with Crippen LogP contribution in [0.3, 0.4) is 0 Å². The van der Waals surface area contributed by atoms with Crippen LogP contribution < -0.4 is 4.90 Å². The lowest BCUT2D eigenvalue weighted by atomic mass is 10.1. The second kappa shape index (κ2) is 9.39. The highest BCUT2D eigenvalue weighted by Gasteiger charge is 2.46. The van der Waals surface area contributed by atoms with Crippen molar-refractivity contribution in [2.75, 3.05) is 44.8 Å². The second-order valence-electron chi connectivity index (χ2n) is 8.67. The minimum absolute atomic E-state index is 0.253. The summed E-state index contributed by atoms with van der Waals surface area (Å²) < 4.78 is 13.5. The standard InChI is InChI=1S/C24H33N5O2/c1-5-28(6-2)13-7-8-20-10-9-19(3)21(14-20)27(4)22-15-29(26-25-22)16-23-30-17-24(11-12-24)18-31-23/h9-10,14-15,23H,5-6,11-13,16-18H2,1-4H3. The van der Waals surface area contributed by atoms with Crippen molar-refractivity contribution in [3.63, 3.8) is 0 Å². The maximum atomic E-state index is 5.88. The van der Waals surface area contributed by atoms with Crippen molar-refractivity contribution in [2.24, 2.45) is 5.41 Å². The summed E-state index contributed by atoms with van der Waals surface area (Å²) in [5.41, 5.74) is 3.55. The molecule has 0 atom stereocenters. The van der Waals surface area contributed by atoms with Gasteiger partial charge in [-0.3, -0.25) is 4.90 Å². The first-order valence-corrected chi connectivity index (χ1v) is 11.2. The molecule has 166 valence electrons. The fraction of sp³-hybridized carbons (Fsp3) is 0.583. The monoisotopic (exact) mass is 423 g/mol. The number of aryl methyl sites for hydroxylation is 1. The topological polar surface area (TPSA) is 55.7 Å². The molecule has 31 heavy (non-hydrogen) atoms. The molecule has 2 aromatic rings. The van der Waals surface area contributed by atoms with Gasteiger partial charge in [-0.25, -0.2) is 4.68 Å². The van der Waals surface area contributed by atoms with Gasteiger partial charge in [0.25, 0.3) is 0 Å². The van der Waals surface area contributed by atoms with E-state index in [0.29, 0.717) is 12.0 Å². The van der Waals surface area contributed by atoms with Crippen LogP contribution in [-0.4, -0.2) is 66.1 Å². The fourth-order valence-corrected chi connectivity index (χ4v) is 3.76. The van der Waals surface area contributed by atoms with E-state index in [1.807, 2.05) is 13.2 Å². The average Bonchev–Trinajstić information content (AvgIpc) is 3.38. The quantitative estimate of drug-likeness (QED) is 0.638. The molecule has 1 saturated heterocycles. The van der Waals surface area contributed by atoms with Crippen molar-refractivity contribution >= 4 is 11.5 Å². The van der Waals surface area contributed by atoms with E-state index < -0.39 is 0 Å². The average molecular weight is 424 g/mol. The SMILES string of the molecule is CCN(CC)CC#Cc1ccc(C)c(N(C)c2cn(CC3OCC4(CC4)CO3)nn2)c1. The molecule has 7 heteroatoms. The Morgan fingerprint density at radius 3 is 2.61 bits per heavy atom. The van der Waals surface area contributed by atoms with Gasteiger partial charge in [-0.15, -0.1) is 5.10 Å². The zero-order valence-corrected chi connectivity index (χ0v) is 19.1. The van der Waals surface area contributed by atoms with Crippen molar-refractivity contribution in [3.05, 3.63) is 35.5 Å². The highest BCUT2D eigenvalue weighted by atomic mass is 16.7. The lowest BCUT2D eigenvalue weighted by Crippen LogP contribution is -2.36. The molecule has 1 spiro atoms. The molecule has 1 aliphatic carbocycles. The molecule has 2 heterocycles. The number of benzene rings is 1. The van der Waals surface area contributed by atoms with Gasteiger partial charge >= 0.3 is 0 Å². The molecule has 0 amide bonds. The summed E-state index contributed by atoms with van der Waals surface area (Å²) in [5, 5.41) is 8.64. The Hall–Kier alpha value is -2.40. The van der Waals surface area contributed by atoms with Crippen molar-refractivity contribution < 1.29 is 9.47 Å². The third-order valence-electron chi connectivity index (χ3n) is 6.31. The summed E-state index contributed by atoms with van der Waals surface area (Å²) >= 11 is 0. The van der Waals surface area contributed by atoms with Gasteiger partial charge in [-0.05, 0) is 50.6 Å². The molecule has 1 aliphatic heterocycles. The first-order chi connectivity index (χ1) is 15.0. The van der Waals surface area contributed by atoms with Crippen LogP contribution in [0.15, 0.2) is 24.4 Å². The predicted octanol–water partition coefficient (Wildman–Crippen LogP) is 3.20. The van der Waals surface area contributed by atoms with Gasteiger partial charge in [0.2, 0.25) is 0 Å². The van der Waals surface area contributed by atoms with Gasteiger partial charge < -0.3 is 14.4 Å². The van der Waals surface area contributed by atoms with Gasteiger partial charge in [0.1, 0.15) is 0 Å². The molecule has 1 aromatic carbocycles. The first kappa shape index (κ1) is 21.8. The second-order valence-corrected chi connectivity index (χ2v) is 8.67. The minimum atomic E-state index is -0.253. The van der Waals surface area contributed by atoms with E-state index in [9.17, 15) is 0 Å². The summed E-state index contributed by atoms with van der Waals surface area (Å²) in [7, 11) is 2.01. The van der Waals surface area contributed by atoms with E-state index in [1.165, 1.54) is 18.4 Å². The Bertz CT molecular complexity index is 942. The maximum absolute atomic E-state index is 5.88. The highest BCUT2D eigenvalue weighted by molar-refractivity contribution is 5.64. The maximum Gasteiger partial charge on any atom is 0.177 e. The lowest BCUT2D eigenvalue weighted by molar-refractivity contribution is -0.213. The van der Waals surface area contributed by atoms with E-state index in [1.54, 1.807) is 4.68 Å². The molecular weight excluding hydrogens is 390 g/mol. The van der Waals surface area contributed by atoms with E-state index in [2.05, 4.69) is 70.9 Å². The molecule has 1 saturated carbocycles. The van der Waals surface area contributed by atoms with Gasteiger partial charge in [-0.2, -0.15) is 0 Å². The van der Waals surface area contributed by atoms with Crippen molar-refractivity contribution in [1.82, 2.24) is 19.9 Å². The largest absolute Gasteiger partial charge is 0.350 e. The molecule has 2 aliphatic rings. The number of anilines is 2. The lowest BCUT2D eigenvalue weighted by Gasteiger charge is -2.29. The number of nitrogens with zero attached hydrogens (tertiary/aromatic N) is 5. The third kappa shape index (κ3) is 5.27. The molecule has 7 nitrogen and oxygen atoms in total. The predicted molar refractivity (Wildman–Crippen MR) is 121 cm³/mol. The molecule has 0 unspecified atom stereocenters. The fourth-order valence-electron chi connectivity index (χ4n) is 3.76. The molecule has 0 bridgehead atoms. The Balaban J connectivity index is 1.40. The van der Waals surface area contributed by atoms with Crippen molar-refractivity contribution in [2.45, 2.75) is 46.4 Å². The molecule has 0 radical (unpaired) electrons. The van der Waals surface area contributed by atoms with Crippen LogP contribution in [0.25, 0.3) is 0 Å². The number of aromatic nitrogens is 3. The minimum Gasteiger partial charge on any atom is -0.350 e. The first-order valence-electron chi connectivity index (χ1n) is 11.2. The van der Waals surface area contributed by atoms with E-state index in [4.69, 9.17) is 9.47 Å². The number of rotatable bonds is 7. The smallest absolute Gasteiger partial charge is 0.177 e. The van der Waals surface area contributed by atoms with Crippen LogP contribution in [0, 0.1) is 24.2 Å². The molecule has 4 rings (SSSR count).